The summed E-state index contributed by atoms with van der Waals surface area (Å²) in [6.45, 7) is 5.04. The average molecular weight is 258 g/mol. The Morgan fingerprint density at radius 2 is 2.16 bits per heavy atom. The molecule has 0 saturated carbocycles. The Labute approximate surface area is 112 Å². The van der Waals surface area contributed by atoms with Crippen LogP contribution in [0.25, 0.3) is 0 Å². The molecule has 1 aromatic heterocycles. The molecule has 0 saturated heterocycles. The highest BCUT2D eigenvalue weighted by molar-refractivity contribution is 5.61. The summed E-state index contributed by atoms with van der Waals surface area (Å²) in [6.07, 6.45) is 0. The third kappa shape index (κ3) is 2.74. The van der Waals surface area contributed by atoms with Crippen LogP contribution in [0.1, 0.15) is 17.1 Å². The third-order valence-corrected chi connectivity index (χ3v) is 3.17. The van der Waals surface area contributed by atoms with Gasteiger partial charge in [0.15, 0.2) is 0 Å². The van der Waals surface area contributed by atoms with E-state index in [1.165, 1.54) is 5.56 Å². The van der Waals surface area contributed by atoms with E-state index in [1.54, 1.807) is 0 Å². The number of hydrogen-bond acceptors (Lipinski definition) is 4. The van der Waals surface area contributed by atoms with Gasteiger partial charge >= 0.3 is 0 Å². The second-order valence-electron chi connectivity index (χ2n) is 4.68. The van der Waals surface area contributed by atoms with Gasteiger partial charge in [-0.2, -0.15) is 0 Å². The zero-order valence-corrected chi connectivity index (χ0v) is 11.0. The molecule has 0 unspecified atom stereocenters. The molecule has 0 spiro atoms. The van der Waals surface area contributed by atoms with Crippen LogP contribution >= 0.6 is 0 Å². The standard InChI is InChI=1S/C15H18N2O2/c1-11-5-6-13(19-11)10-16-9-12-3-2-4-14-15(12)18-8-7-17-14/h2-6,16-17H,7-10H2,1H3. The molecule has 0 bridgehead atoms. The lowest BCUT2D eigenvalue weighted by Crippen LogP contribution is -2.20. The van der Waals surface area contributed by atoms with E-state index >= 15 is 0 Å². The third-order valence-electron chi connectivity index (χ3n) is 3.17. The molecule has 2 N–H and O–H groups in total. The monoisotopic (exact) mass is 258 g/mol. The van der Waals surface area contributed by atoms with Crippen molar-refractivity contribution in [1.82, 2.24) is 5.32 Å². The van der Waals surface area contributed by atoms with E-state index in [4.69, 9.17) is 9.15 Å². The first kappa shape index (κ1) is 12.1. The normalized spacial score (nSPS) is 13.5. The summed E-state index contributed by atoms with van der Waals surface area (Å²) in [5.41, 5.74) is 2.26. The Hall–Kier alpha value is -1.94. The Balaban J connectivity index is 1.64. The number of benzene rings is 1. The molecule has 4 nitrogen and oxygen atoms in total. The summed E-state index contributed by atoms with van der Waals surface area (Å²) in [6, 6.07) is 10.2. The smallest absolute Gasteiger partial charge is 0.146 e. The van der Waals surface area contributed by atoms with Crippen molar-refractivity contribution >= 4 is 5.69 Å². The summed E-state index contributed by atoms with van der Waals surface area (Å²) < 4.78 is 11.3. The van der Waals surface area contributed by atoms with E-state index in [0.717, 1.165) is 49.2 Å². The number of ether oxygens (including phenoxy) is 1. The van der Waals surface area contributed by atoms with E-state index < -0.39 is 0 Å². The maximum absolute atomic E-state index is 5.74. The molecule has 1 aliphatic rings. The molecule has 0 amide bonds. The van der Waals surface area contributed by atoms with Crippen LogP contribution in [-0.4, -0.2) is 13.2 Å². The number of hydrogen-bond donors (Lipinski definition) is 2. The molecule has 4 heteroatoms. The predicted octanol–water partition coefficient (Wildman–Crippen LogP) is 2.68. The lowest BCUT2D eigenvalue weighted by Gasteiger charge is -2.21. The summed E-state index contributed by atoms with van der Waals surface area (Å²) in [5.74, 6) is 2.87. The van der Waals surface area contributed by atoms with Gasteiger partial charge < -0.3 is 19.8 Å². The highest BCUT2D eigenvalue weighted by Crippen LogP contribution is 2.31. The molecular formula is C15H18N2O2. The van der Waals surface area contributed by atoms with Gasteiger partial charge in [0.05, 0.1) is 12.2 Å². The molecule has 2 aromatic rings. The lowest BCUT2D eigenvalue weighted by atomic mass is 10.1. The first-order chi connectivity index (χ1) is 9.33. The molecule has 1 aliphatic heterocycles. The van der Waals surface area contributed by atoms with Crippen LogP contribution in [0.2, 0.25) is 0 Å². The summed E-state index contributed by atoms with van der Waals surface area (Å²) in [7, 11) is 0. The molecular weight excluding hydrogens is 240 g/mol. The number of nitrogens with one attached hydrogen (secondary N) is 2. The average Bonchev–Trinajstić information content (AvgIpc) is 2.85. The molecule has 0 fully saturated rings. The fraction of sp³-hybridized carbons (Fsp3) is 0.333. The van der Waals surface area contributed by atoms with Crippen LogP contribution in [0.15, 0.2) is 34.7 Å². The maximum atomic E-state index is 5.74. The number of rotatable bonds is 4. The van der Waals surface area contributed by atoms with Crippen molar-refractivity contribution in [1.29, 1.82) is 0 Å². The van der Waals surface area contributed by atoms with Crippen molar-refractivity contribution in [2.75, 3.05) is 18.5 Å². The van der Waals surface area contributed by atoms with E-state index in [2.05, 4.69) is 22.8 Å². The van der Waals surface area contributed by atoms with E-state index in [1.807, 2.05) is 25.1 Å². The SMILES string of the molecule is Cc1ccc(CNCc2cccc3c2OCCN3)o1. The van der Waals surface area contributed by atoms with Crippen LogP contribution in [-0.2, 0) is 13.1 Å². The molecule has 2 heterocycles. The molecule has 0 radical (unpaired) electrons. The Bertz CT molecular complexity index is 563. The molecule has 100 valence electrons. The lowest BCUT2D eigenvalue weighted by molar-refractivity contribution is 0.318. The zero-order chi connectivity index (χ0) is 13.1. The quantitative estimate of drug-likeness (QED) is 0.885. The second-order valence-corrected chi connectivity index (χ2v) is 4.68. The van der Waals surface area contributed by atoms with Gasteiger partial charge in [0.25, 0.3) is 0 Å². The van der Waals surface area contributed by atoms with Crippen LogP contribution in [0.4, 0.5) is 5.69 Å². The minimum absolute atomic E-state index is 0.724. The molecule has 19 heavy (non-hydrogen) atoms. The largest absolute Gasteiger partial charge is 0.489 e. The van der Waals surface area contributed by atoms with Crippen LogP contribution in [0.5, 0.6) is 5.75 Å². The Morgan fingerprint density at radius 3 is 3.00 bits per heavy atom. The van der Waals surface area contributed by atoms with Crippen molar-refractivity contribution in [3.63, 3.8) is 0 Å². The molecule has 3 rings (SSSR count). The fourth-order valence-corrected chi connectivity index (χ4v) is 2.27. The van der Waals surface area contributed by atoms with Gasteiger partial charge in [0.1, 0.15) is 23.9 Å². The van der Waals surface area contributed by atoms with E-state index in [0.29, 0.717) is 0 Å². The topological polar surface area (TPSA) is 46.4 Å². The maximum Gasteiger partial charge on any atom is 0.146 e. The second kappa shape index (κ2) is 5.36. The summed E-state index contributed by atoms with van der Waals surface area (Å²) in [4.78, 5) is 0. The minimum atomic E-state index is 0.724. The van der Waals surface area contributed by atoms with Crippen molar-refractivity contribution in [2.45, 2.75) is 20.0 Å². The Morgan fingerprint density at radius 1 is 1.21 bits per heavy atom. The van der Waals surface area contributed by atoms with Crippen molar-refractivity contribution in [3.05, 3.63) is 47.4 Å². The van der Waals surface area contributed by atoms with Crippen LogP contribution in [0.3, 0.4) is 0 Å². The number of aryl methyl sites for hydroxylation is 1. The summed E-state index contributed by atoms with van der Waals surface area (Å²) >= 11 is 0. The van der Waals surface area contributed by atoms with Crippen molar-refractivity contribution < 1.29 is 9.15 Å². The van der Waals surface area contributed by atoms with E-state index in [-0.39, 0.29) is 0 Å². The first-order valence-electron chi connectivity index (χ1n) is 6.57. The molecule has 0 aliphatic carbocycles. The number of furan rings is 1. The Kier molecular flexibility index (Phi) is 3.42. The van der Waals surface area contributed by atoms with E-state index in [9.17, 15) is 0 Å². The van der Waals surface area contributed by atoms with Gasteiger partial charge in [-0.1, -0.05) is 12.1 Å². The zero-order valence-electron chi connectivity index (χ0n) is 11.0. The number of para-hydroxylation sites is 1. The van der Waals surface area contributed by atoms with Gasteiger partial charge in [-0.15, -0.1) is 0 Å². The highest BCUT2D eigenvalue weighted by atomic mass is 16.5. The van der Waals surface area contributed by atoms with Gasteiger partial charge in [-0.3, -0.25) is 0 Å². The van der Waals surface area contributed by atoms with Gasteiger partial charge in [0.2, 0.25) is 0 Å². The van der Waals surface area contributed by atoms with Gasteiger partial charge in [-0.25, -0.2) is 0 Å². The van der Waals surface area contributed by atoms with Crippen LogP contribution < -0.4 is 15.4 Å². The summed E-state index contributed by atoms with van der Waals surface area (Å²) in [5, 5.41) is 6.72. The van der Waals surface area contributed by atoms with Crippen LogP contribution in [0, 0.1) is 6.92 Å². The molecule has 0 atom stereocenters. The predicted molar refractivity (Wildman–Crippen MR) is 74.4 cm³/mol. The highest BCUT2D eigenvalue weighted by Gasteiger charge is 2.13. The van der Waals surface area contributed by atoms with Gasteiger partial charge in [0, 0.05) is 18.7 Å². The first-order valence-corrected chi connectivity index (χ1v) is 6.57. The minimum Gasteiger partial charge on any atom is -0.489 e. The fourth-order valence-electron chi connectivity index (χ4n) is 2.27. The van der Waals surface area contributed by atoms with Gasteiger partial charge in [-0.05, 0) is 25.1 Å². The number of anilines is 1. The molecule has 1 aromatic carbocycles. The van der Waals surface area contributed by atoms with Crippen molar-refractivity contribution in [2.24, 2.45) is 0 Å². The number of fused-ring (bicyclic) bond motifs is 1. The van der Waals surface area contributed by atoms with Crippen molar-refractivity contribution in [3.8, 4) is 5.75 Å².